The lowest BCUT2D eigenvalue weighted by Crippen LogP contribution is -2.52. The highest BCUT2D eigenvalue weighted by Gasteiger charge is 2.24. The van der Waals surface area contributed by atoms with Crippen molar-refractivity contribution in [1.82, 2.24) is 5.32 Å². The second-order valence-electron chi connectivity index (χ2n) is 4.78. The van der Waals surface area contributed by atoms with Crippen molar-refractivity contribution in [1.29, 1.82) is 0 Å². The predicted molar refractivity (Wildman–Crippen MR) is 70.2 cm³/mol. The summed E-state index contributed by atoms with van der Waals surface area (Å²) in [6, 6.07) is 7.84. The van der Waals surface area contributed by atoms with Crippen molar-refractivity contribution in [2.24, 2.45) is 0 Å². The van der Waals surface area contributed by atoms with Crippen molar-refractivity contribution in [2.45, 2.75) is 32.2 Å². The first-order valence-electron chi connectivity index (χ1n) is 6.13. The van der Waals surface area contributed by atoms with Gasteiger partial charge in [-0.1, -0.05) is 31.2 Å². The van der Waals surface area contributed by atoms with Gasteiger partial charge in [0.2, 0.25) is 5.91 Å². The molecule has 0 saturated carbocycles. The van der Waals surface area contributed by atoms with Gasteiger partial charge >= 0.3 is 0 Å². The van der Waals surface area contributed by atoms with Gasteiger partial charge < -0.3 is 15.5 Å². The fraction of sp³-hybridized carbons (Fsp3) is 0.500. The molecule has 1 aromatic carbocycles. The van der Waals surface area contributed by atoms with E-state index in [0.29, 0.717) is 0 Å². The van der Waals surface area contributed by atoms with Crippen molar-refractivity contribution in [3.8, 4) is 0 Å². The van der Waals surface area contributed by atoms with Crippen LogP contribution in [0.3, 0.4) is 0 Å². The van der Waals surface area contributed by atoms with Crippen LogP contribution in [0.1, 0.15) is 25.0 Å². The van der Waals surface area contributed by atoms with Gasteiger partial charge in [-0.05, 0) is 24.5 Å². The van der Waals surface area contributed by atoms with E-state index in [0.717, 1.165) is 12.0 Å². The highest BCUT2D eigenvalue weighted by molar-refractivity contribution is 5.79. The molecule has 0 aliphatic rings. The summed E-state index contributed by atoms with van der Waals surface area (Å²) in [4.78, 5) is 11.8. The Bertz CT molecular complexity index is 400. The van der Waals surface area contributed by atoms with Gasteiger partial charge in [-0.3, -0.25) is 4.79 Å². The standard InChI is InChI=1S/C14H21NO3/c1-3-11-5-4-6-12(7-11)8-13(18)15-14(2,9-16)10-17/h4-7,16-17H,3,8-10H2,1-2H3,(H,15,18). The Kier molecular flexibility index (Phi) is 5.31. The van der Waals surface area contributed by atoms with E-state index in [4.69, 9.17) is 10.2 Å². The quantitative estimate of drug-likeness (QED) is 0.695. The lowest BCUT2D eigenvalue weighted by Gasteiger charge is -2.26. The molecule has 0 aromatic heterocycles. The van der Waals surface area contributed by atoms with Crippen LogP contribution in [0.2, 0.25) is 0 Å². The summed E-state index contributed by atoms with van der Waals surface area (Å²) in [5, 5.41) is 20.9. The second kappa shape index (κ2) is 6.52. The van der Waals surface area contributed by atoms with Crippen molar-refractivity contribution in [3.63, 3.8) is 0 Å². The molecule has 0 aliphatic heterocycles. The molecule has 0 saturated heterocycles. The number of nitrogens with one attached hydrogen (secondary N) is 1. The molecule has 0 radical (unpaired) electrons. The molecule has 0 unspecified atom stereocenters. The first-order chi connectivity index (χ1) is 8.53. The maximum Gasteiger partial charge on any atom is 0.224 e. The molecule has 0 fully saturated rings. The smallest absolute Gasteiger partial charge is 0.224 e. The Hall–Kier alpha value is -1.39. The van der Waals surface area contributed by atoms with Gasteiger partial charge in [0.25, 0.3) is 0 Å². The monoisotopic (exact) mass is 251 g/mol. The number of carbonyl (C=O) groups is 1. The van der Waals surface area contributed by atoms with Crippen LogP contribution < -0.4 is 5.32 Å². The molecule has 4 heteroatoms. The minimum absolute atomic E-state index is 0.200. The zero-order chi connectivity index (χ0) is 13.6. The number of benzene rings is 1. The molecule has 1 amide bonds. The van der Waals surface area contributed by atoms with Gasteiger partial charge in [-0.2, -0.15) is 0 Å². The van der Waals surface area contributed by atoms with Crippen molar-refractivity contribution in [2.75, 3.05) is 13.2 Å². The van der Waals surface area contributed by atoms with Crippen LogP contribution in [0.4, 0.5) is 0 Å². The number of hydrogen-bond donors (Lipinski definition) is 3. The maximum absolute atomic E-state index is 11.8. The average molecular weight is 251 g/mol. The summed E-state index contributed by atoms with van der Waals surface area (Å²) in [6.45, 7) is 3.09. The Labute approximate surface area is 108 Å². The maximum atomic E-state index is 11.8. The third kappa shape index (κ3) is 4.13. The third-order valence-electron chi connectivity index (χ3n) is 2.90. The number of aliphatic hydroxyl groups is 2. The van der Waals surface area contributed by atoms with Gasteiger partial charge in [-0.15, -0.1) is 0 Å². The largest absolute Gasteiger partial charge is 0.394 e. The molecule has 1 aromatic rings. The minimum Gasteiger partial charge on any atom is -0.394 e. The van der Waals surface area contributed by atoms with Crippen molar-refractivity contribution < 1.29 is 15.0 Å². The van der Waals surface area contributed by atoms with Crippen LogP contribution in [-0.2, 0) is 17.6 Å². The number of rotatable bonds is 6. The molecular weight excluding hydrogens is 230 g/mol. The zero-order valence-corrected chi connectivity index (χ0v) is 10.9. The van der Waals surface area contributed by atoms with E-state index in [1.54, 1.807) is 6.92 Å². The van der Waals surface area contributed by atoms with Gasteiger partial charge in [0.15, 0.2) is 0 Å². The van der Waals surface area contributed by atoms with E-state index in [2.05, 4.69) is 12.2 Å². The summed E-state index contributed by atoms with van der Waals surface area (Å²) in [7, 11) is 0. The van der Waals surface area contributed by atoms with E-state index in [1.165, 1.54) is 5.56 Å². The average Bonchev–Trinajstić information content (AvgIpc) is 2.38. The number of hydrogen-bond acceptors (Lipinski definition) is 3. The number of aryl methyl sites for hydroxylation is 1. The number of amides is 1. The highest BCUT2D eigenvalue weighted by atomic mass is 16.3. The fourth-order valence-electron chi connectivity index (χ4n) is 1.65. The lowest BCUT2D eigenvalue weighted by molar-refractivity contribution is -0.123. The third-order valence-corrected chi connectivity index (χ3v) is 2.90. The number of aliphatic hydroxyl groups excluding tert-OH is 2. The van der Waals surface area contributed by atoms with Crippen LogP contribution in [-0.4, -0.2) is 34.9 Å². The van der Waals surface area contributed by atoms with Crippen LogP contribution in [0.5, 0.6) is 0 Å². The van der Waals surface area contributed by atoms with E-state index in [-0.39, 0.29) is 25.5 Å². The van der Waals surface area contributed by atoms with Gasteiger partial charge in [0.1, 0.15) is 0 Å². The Morgan fingerprint density at radius 1 is 1.28 bits per heavy atom. The van der Waals surface area contributed by atoms with Crippen molar-refractivity contribution in [3.05, 3.63) is 35.4 Å². The minimum atomic E-state index is -0.959. The summed E-state index contributed by atoms with van der Waals surface area (Å²) < 4.78 is 0. The molecule has 100 valence electrons. The first-order valence-corrected chi connectivity index (χ1v) is 6.13. The molecule has 18 heavy (non-hydrogen) atoms. The van der Waals surface area contributed by atoms with Crippen LogP contribution >= 0.6 is 0 Å². The van der Waals surface area contributed by atoms with E-state index >= 15 is 0 Å². The molecule has 1 rings (SSSR count). The zero-order valence-electron chi connectivity index (χ0n) is 10.9. The van der Waals surface area contributed by atoms with Crippen LogP contribution in [0.25, 0.3) is 0 Å². The van der Waals surface area contributed by atoms with Crippen LogP contribution in [0.15, 0.2) is 24.3 Å². The summed E-state index contributed by atoms with van der Waals surface area (Å²) in [6.07, 6.45) is 1.18. The molecule has 0 heterocycles. The van der Waals surface area contributed by atoms with E-state index < -0.39 is 5.54 Å². The summed E-state index contributed by atoms with van der Waals surface area (Å²) in [5.74, 6) is -0.200. The second-order valence-corrected chi connectivity index (χ2v) is 4.78. The van der Waals surface area contributed by atoms with Gasteiger partial charge in [0, 0.05) is 0 Å². The highest BCUT2D eigenvalue weighted by Crippen LogP contribution is 2.08. The molecule has 0 atom stereocenters. The normalized spacial score (nSPS) is 11.3. The van der Waals surface area contributed by atoms with Crippen LogP contribution in [0, 0.1) is 0 Å². The molecule has 4 nitrogen and oxygen atoms in total. The number of carbonyl (C=O) groups excluding carboxylic acids is 1. The summed E-state index contributed by atoms with van der Waals surface area (Å²) in [5.41, 5.74) is 1.16. The summed E-state index contributed by atoms with van der Waals surface area (Å²) >= 11 is 0. The molecule has 3 N–H and O–H groups in total. The topological polar surface area (TPSA) is 69.6 Å². The lowest BCUT2D eigenvalue weighted by atomic mass is 10.0. The molecular formula is C14H21NO3. The van der Waals surface area contributed by atoms with Gasteiger partial charge in [-0.25, -0.2) is 0 Å². The Morgan fingerprint density at radius 2 is 1.89 bits per heavy atom. The SMILES string of the molecule is CCc1cccc(CC(=O)NC(C)(CO)CO)c1. The Morgan fingerprint density at radius 3 is 2.44 bits per heavy atom. The molecule has 0 aliphatic carbocycles. The predicted octanol–water partition coefficient (Wildman–Crippen LogP) is 0.651. The fourth-order valence-corrected chi connectivity index (χ4v) is 1.65. The van der Waals surface area contributed by atoms with Gasteiger partial charge in [0.05, 0.1) is 25.2 Å². The van der Waals surface area contributed by atoms with Crippen molar-refractivity contribution >= 4 is 5.91 Å². The van der Waals surface area contributed by atoms with E-state index in [1.807, 2.05) is 24.3 Å². The molecule has 0 bridgehead atoms. The Balaban J connectivity index is 2.64. The van der Waals surface area contributed by atoms with E-state index in [9.17, 15) is 4.79 Å². The first kappa shape index (κ1) is 14.7. The molecule has 0 spiro atoms.